The molecule has 8 heteroatoms. The van der Waals surface area contributed by atoms with Gasteiger partial charge in [0.25, 0.3) is 11.7 Å². The number of para-hydroxylation sites is 1. The van der Waals surface area contributed by atoms with Gasteiger partial charge >= 0.3 is 0 Å². The van der Waals surface area contributed by atoms with Crippen LogP contribution in [0.15, 0.2) is 70.7 Å². The van der Waals surface area contributed by atoms with Crippen LogP contribution in [-0.2, 0) is 9.59 Å². The van der Waals surface area contributed by atoms with Crippen molar-refractivity contribution in [1.82, 2.24) is 0 Å². The molecule has 7 nitrogen and oxygen atoms in total. The minimum absolute atomic E-state index is 0.0175. The van der Waals surface area contributed by atoms with Crippen LogP contribution in [0, 0.1) is 6.92 Å². The molecule has 0 aromatic heterocycles. The summed E-state index contributed by atoms with van der Waals surface area (Å²) >= 11 is 3.46. The van der Waals surface area contributed by atoms with Crippen molar-refractivity contribution in [2.45, 2.75) is 13.0 Å². The fourth-order valence-electron chi connectivity index (χ4n) is 4.41. The van der Waals surface area contributed by atoms with Gasteiger partial charge in [-0.3, -0.25) is 14.5 Å². The molecule has 2 heterocycles. The van der Waals surface area contributed by atoms with E-state index in [0.29, 0.717) is 47.3 Å². The lowest BCUT2D eigenvalue weighted by Gasteiger charge is -2.28. The van der Waals surface area contributed by atoms with Crippen LogP contribution < -0.4 is 19.1 Å². The zero-order chi connectivity index (χ0) is 24.7. The van der Waals surface area contributed by atoms with Crippen LogP contribution in [0.25, 0.3) is 5.76 Å². The molecule has 0 spiro atoms. The molecule has 2 aliphatic heterocycles. The molecule has 5 rings (SSSR count). The van der Waals surface area contributed by atoms with Gasteiger partial charge in [-0.05, 0) is 42.8 Å². The van der Waals surface area contributed by atoms with Crippen molar-refractivity contribution < 1.29 is 28.9 Å². The Bertz CT molecular complexity index is 1380. The Labute approximate surface area is 210 Å². The number of hydrogen-bond donors (Lipinski definition) is 1. The number of ether oxygens (including phenoxy) is 3. The molecule has 0 bridgehead atoms. The van der Waals surface area contributed by atoms with E-state index in [9.17, 15) is 14.7 Å². The number of rotatable bonds is 4. The van der Waals surface area contributed by atoms with Crippen LogP contribution in [0.5, 0.6) is 17.2 Å². The van der Waals surface area contributed by atoms with Gasteiger partial charge in [0, 0.05) is 27.4 Å². The number of benzene rings is 3. The molecule has 1 atom stereocenters. The third kappa shape index (κ3) is 3.93. The Hall–Kier alpha value is -3.78. The molecule has 1 fully saturated rings. The molecule has 1 amide bonds. The van der Waals surface area contributed by atoms with Crippen molar-refractivity contribution in [1.29, 1.82) is 0 Å². The van der Waals surface area contributed by atoms with Crippen molar-refractivity contribution in [3.8, 4) is 17.2 Å². The topological polar surface area (TPSA) is 85.3 Å². The Balaban J connectivity index is 1.73. The van der Waals surface area contributed by atoms with Crippen molar-refractivity contribution in [3.05, 3.63) is 87.4 Å². The number of anilines is 1. The number of aliphatic hydroxyl groups excluding tert-OH is 1. The minimum atomic E-state index is -0.919. The van der Waals surface area contributed by atoms with Crippen molar-refractivity contribution in [2.75, 3.05) is 25.2 Å². The lowest BCUT2D eigenvalue weighted by atomic mass is 9.94. The van der Waals surface area contributed by atoms with Crippen molar-refractivity contribution in [3.63, 3.8) is 0 Å². The first-order chi connectivity index (χ1) is 16.9. The third-order valence-electron chi connectivity index (χ3n) is 6.11. The summed E-state index contributed by atoms with van der Waals surface area (Å²) in [4.78, 5) is 28.2. The third-order valence-corrected chi connectivity index (χ3v) is 7.00. The molecule has 1 unspecified atom stereocenters. The highest BCUT2D eigenvalue weighted by molar-refractivity contribution is 9.10. The number of nitrogens with zero attached hydrogens (tertiary/aromatic N) is 1. The normalized spacial score (nSPS) is 18.6. The monoisotopic (exact) mass is 535 g/mol. The van der Waals surface area contributed by atoms with Crippen molar-refractivity contribution >= 4 is 39.1 Å². The van der Waals surface area contributed by atoms with Gasteiger partial charge in [-0.25, -0.2) is 0 Å². The van der Waals surface area contributed by atoms with Crippen LogP contribution in [-0.4, -0.2) is 37.1 Å². The number of amides is 1. The zero-order valence-electron chi connectivity index (χ0n) is 19.1. The number of hydrogen-bond acceptors (Lipinski definition) is 6. The standard InChI is InChI=1S/C27H22BrNO6/c1-15-13-16(7-9-19(15)28)25(30)23-24(18-5-3-4-6-20(18)33-2)29(27(32)26(23)31)17-8-10-21-22(14-17)35-12-11-34-21/h3-10,13-14,24,30H,11-12H2,1-2H3/b25-23+. The van der Waals surface area contributed by atoms with Gasteiger partial charge in [0.1, 0.15) is 24.7 Å². The predicted molar refractivity (Wildman–Crippen MR) is 134 cm³/mol. The van der Waals surface area contributed by atoms with E-state index in [4.69, 9.17) is 14.2 Å². The Morgan fingerprint density at radius 3 is 2.51 bits per heavy atom. The molecule has 2 aliphatic rings. The minimum Gasteiger partial charge on any atom is -0.507 e. The first-order valence-corrected chi connectivity index (χ1v) is 11.8. The maximum atomic E-state index is 13.4. The van der Waals surface area contributed by atoms with E-state index >= 15 is 0 Å². The number of aliphatic hydroxyl groups is 1. The molecular formula is C27H22BrNO6. The smallest absolute Gasteiger partial charge is 0.300 e. The lowest BCUT2D eigenvalue weighted by molar-refractivity contribution is -0.132. The van der Waals surface area contributed by atoms with Crippen molar-refractivity contribution in [2.24, 2.45) is 0 Å². The van der Waals surface area contributed by atoms with Gasteiger partial charge in [0.15, 0.2) is 11.5 Å². The van der Waals surface area contributed by atoms with Crippen LogP contribution in [0.4, 0.5) is 5.69 Å². The number of halogens is 1. The molecule has 0 radical (unpaired) electrons. The second-order valence-corrected chi connectivity index (χ2v) is 9.06. The highest BCUT2D eigenvalue weighted by Crippen LogP contribution is 2.46. The summed E-state index contributed by atoms with van der Waals surface area (Å²) in [6.07, 6.45) is 0. The number of Topliss-reactive ketones (excluding diaryl/α,β-unsaturated/α-hetero) is 1. The quantitative estimate of drug-likeness (QED) is 0.282. The average molecular weight is 536 g/mol. The lowest BCUT2D eigenvalue weighted by Crippen LogP contribution is -2.30. The van der Waals surface area contributed by atoms with E-state index < -0.39 is 17.7 Å². The highest BCUT2D eigenvalue weighted by Gasteiger charge is 2.48. The summed E-state index contributed by atoms with van der Waals surface area (Å²) in [5.74, 6) is -0.259. The number of fused-ring (bicyclic) bond motifs is 1. The van der Waals surface area contributed by atoms with Crippen LogP contribution in [0.3, 0.4) is 0 Å². The zero-order valence-corrected chi connectivity index (χ0v) is 20.7. The molecule has 3 aromatic carbocycles. The molecule has 1 N–H and O–H groups in total. The van der Waals surface area contributed by atoms with Gasteiger partial charge < -0.3 is 19.3 Å². The number of carbonyl (C=O) groups excluding carboxylic acids is 2. The first kappa shape index (κ1) is 23.0. The van der Waals surface area contributed by atoms with Gasteiger partial charge in [-0.2, -0.15) is 0 Å². The van der Waals surface area contributed by atoms with E-state index in [1.165, 1.54) is 12.0 Å². The van der Waals surface area contributed by atoms with E-state index in [0.717, 1.165) is 10.0 Å². The van der Waals surface area contributed by atoms with Gasteiger partial charge in [-0.1, -0.05) is 40.2 Å². The van der Waals surface area contributed by atoms with Crippen LogP contribution in [0.1, 0.15) is 22.7 Å². The molecule has 0 aliphatic carbocycles. The van der Waals surface area contributed by atoms with E-state index in [1.807, 2.05) is 6.92 Å². The number of methoxy groups -OCH3 is 1. The van der Waals surface area contributed by atoms with Crippen LogP contribution in [0.2, 0.25) is 0 Å². The molecule has 178 valence electrons. The van der Waals surface area contributed by atoms with Gasteiger partial charge in [0.2, 0.25) is 0 Å². The fourth-order valence-corrected chi connectivity index (χ4v) is 4.66. The number of carbonyl (C=O) groups is 2. The molecule has 1 saturated heterocycles. The molecule has 3 aromatic rings. The van der Waals surface area contributed by atoms with E-state index in [2.05, 4.69) is 15.9 Å². The Morgan fingerprint density at radius 2 is 1.77 bits per heavy atom. The van der Waals surface area contributed by atoms with E-state index in [1.54, 1.807) is 60.7 Å². The SMILES string of the molecule is COc1ccccc1C1/C(=C(\O)c2ccc(Br)c(C)c2)C(=O)C(=O)N1c1ccc2c(c1)OCCO2. The largest absolute Gasteiger partial charge is 0.507 e. The van der Waals surface area contributed by atoms with E-state index in [-0.39, 0.29) is 11.3 Å². The molecular weight excluding hydrogens is 514 g/mol. The Kier molecular flexibility index (Phi) is 5.98. The average Bonchev–Trinajstić information content (AvgIpc) is 3.15. The summed E-state index contributed by atoms with van der Waals surface area (Å²) in [7, 11) is 1.52. The fraction of sp³-hybridized carbons (Fsp3) is 0.185. The summed E-state index contributed by atoms with van der Waals surface area (Å²) < 4.78 is 17.7. The highest BCUT2D eigenvalue weighted by atomic mass is 79.9. The summed E-state index contributed by atoms with van der Waals surface area (Å²) in [6, 6.07) is 16.5. The maximum Gasteiger partial charge on any atom is 0.300 e. The first-order valence-electron chi connectivity index (χ1n) is 11.0. The predicted octanol–water partition coefficient (Wildman–Crippen LogP) is 5.16. The van der Waals surface area contributed by atoms with Gasteiger partial charge in [-0.15, -0.1) is 0 Å². The number of ketones is 1. The van der Waals surface area contributed by atoms with Crippen LogP contribution >= 0.6 is 15.9 Å². The number of aryl methyl sites for hydroxylation is 1. The van der Waals surface area contributed by atoms with Gasteiger partial charge in [0.05, 0.1) is 18.7 Å². The second-order valence-electron chi connectivity index (χ2n) is 8.20. The summed E-state index contributed by atoms with van der Waals surface area (Å²) in [6.45, 7) is 2.70. The molecule has 0 saturated carbocycles. The maximum absolute atomic E-state index is 13.4. The molecule has 35 heavy (non-hydrogen) atoms. The Morgan fingerprint density at radius 1 is 1.03 bits per heavy atom. The second kappa shape index (κ2) is 9.11. The summed E-state index contributed by atoms with van der Waals surface area (Å²) in [5.41, 5.74) is 2.31. The summed E-state index contributed by atoms with van der Waals surface area (Å²) in [5, 5.41) is 11.4.